The summed E-state index contributed by atoms with van der Waals surface area (Å²) in [7, 11) is 5.97. The first-order chi connectivity index (χ1) is 9.17. The highest BCUT2D eigenvalue weighted by atomic mass is 15.2. The Morgan fingerprint density at radius 2 is 2.05 bits per heavy atom. The van der Waals surface area contributed by atoms with Gasteiger partial charge in [0.25, 0.3) is 0 Å². The molecule has 2 aromatic heterocycles. The fraction of sp³-hybridized carbons (Fsp3) is 0.429. The Labute approximate surface area is 114 Å². The quantitative estimate of drug-likeness (QED) is 0.846. The Balaban J connectivity index is 1.94. The largest absolute Gasteiger partial charge is 0.314 e. The topological polar surface area (TPSA) is 46.0 Å². The standard InChI is InChI=1S/C14H21N5/c1-15-8-13-5-4-6-14(17-13)11-18(2)9-12-7-16-19(3)10-12/h4-7,10,15H,8-9,11H2,1-3H3. The zero-order chi connectivity index (χ0) is 13.7. The van der Waals surface area contributed by atoms with E-state index in [1.807, 2.05) is 37.2 Å². The average molecular weight is 259 g/mol. The van der Waals surface area contributed by atoms with Gasteiger partial charge in [-0.3, -0.25) is 14.6 Å². The maximum atomic E-state index is 4.62. The van der Waals surface area contributed by atoms with Crippen LogP contribution in [0.3, 0.4) is 0 Å². The highest BCUT2D eigenvalue weighted by Gasteiger charge is 2.05. The van der Waals surface area contributed by atoms with Crippen LogP contribution in [0.2, 0.25) is 0 Å². The van der Waals surface area contributed by atoms with E-state index in [0.29, 0.717) is 0 Å². The van der Waals surface area contributed by atoms with Crippen LogP contribution in [0.5, 0.6) is 0 Å². The van der Waals surface area contributed by atoms with Crippen LogP contribution in [0, 0.1) is 0 Å². The van der Waals surface area contributed by atoms with Crippen LogP contribution in [-0.2, 0) is 26.7 Å². The van der Waals surface area contributed by atoms with Gasteiger partial charge in [-0.25, -0.2) is 0 Å². The minimum absolute atomic E-state index is 0.806. The lowest BCUT2D eigenvalue weighted by molar-refractivity contribution is 0.314. The van der Waals surface area contributed by atoms with E-state index < -0.39 is 0 Å². The van der Waals surface area contributed by atoms with Gasteiger partial charge in [-0.05, 0) is 26.2 Å². The first-order valence-corrected chi connectivity index (χ1v) is 6.43. The van der Waals surface area contributed by atoms with E-state index in [0.717, 1.165) is 31.0 Å². The lowest BCUT2D eigenvalue weighted by Gasteiger charge is -2.15. The maximum Gasteiger partial charge on any atom is 0.0547 e. The van der Waals surface area contributed by atoms with Crippen LogP contribution < -0.4 is 5.32 Å². The predicted molar refractivity (Wildman–Crippen MR) is 75.4 cm³/mol. The van der Waals surface area contributed by atoms with E-state index in [9.17, 15) is 0 Å². The molecule has 2 rings (SSSR count). The van der Waals surface area contributed by atoms with Gasteiger partial charge in [0.15, 0.2) is 0 Å². The molecule has 0 saturated carbocycles. The third-order valence-corrected chi connectivity index (χ3v) is 2.87. The molecule has 0 spiro atoms. The minimum atomic E-state index is 0.806. The first kappa shape index (κ1) is 13.7. The van der Waals surface area contributed by atoms with Crippen molar-refractivity contribution in [2.75, 3.05) is 14.1 Å². The van der Waals surface area contributed by atoms with Crippen molar-refractivity contribution in [2.45, 2.75) is 19.6 Å². The van der Waals surface area contributed by atoms with Gasteiger partial charge in [0, 0.05) is 38.4 Å². The smallest absolute Gasteiger partial charge is 0.0547 e. The number of nitrogens with zero attached hydrogens (tertiary/aromatic N) is 4. The van der Waals surface area contributed by atoms with E-state index in [1.165, 1.54) is 5.56 Å². The molecule has 0 fully saturated rings. The van der Waals surface area contributed by atoms with Crippen LogP contribution in [-0.4, -0.2) is 33.8 Å². The maximum absolute atomic E-state index is 4.62. The molecule has 0 saturated heterocycles. The second-order valence-corrected chi connectivity index (χ2v) is 4.85. The number of rotatable bonds is 6. The van der Waals surface area contributed by atoms with Crippen molar-refractivity contribution in [3.05, 3.63) is 47.5 Å². The van der Waals surface area contributed by atoms with E-state index in [4.69, 9.17) is 0 Å². The lowest BCUT2D eigenvalue weighted by Crippen LogP contribution is -2.18. The van der Waals surface area contributed by atoms with Crippen molar-refractivity contribution in [3.63, 3.8) is 0 Å². The minimum Gasteiger partial charge on any atom is -0.314 e. The van der Waals surface area contributed by atoms with Crippen molar-refractivity contribution in [3.8, 4) is 0 Å². The number of pyridine rings is 1. The van der Waals surface area contributed by atoms with Gasteiger partial charge in [-0.1, -0.05) is 6.07 Å². The zero-order valence-electron chi connectivity index (χ0n) is 11.8. The molecule has 102 valence electrons. The van der Waals surface area contributed by atoms with Gasteiger partial charge in [-0.2, -0.15) is 5.10 Å². The van der Waals surface area contributed by atoms with Crippen LogP contribution in [0.15, 0.2) is 30.6 Å². The highest BCUT2D eigenvalue weighted by Crippen LogP contribution is 2.06. The molecule has 0 radical (unpaired) electrons. The summed E-state index contributed by atoms with van der Waals surface area (Å²) in [6, 6.07) is 6.17. The monoisotopic (exact) mass is 259 g/mol. The fourth-order valence-corrected chi connectivity index (χ4v) is 2.09. The third kappa shape index (κ3) is 4.15. The Morgan fingerprint density at radius 3 is 2.74 bits per heavy atom. The summed E-state index contributed by atoms with van der Waals surface area (Å²) in [4.78, 5) is 6.86. The van der Waals surface area contributed by atoms with Gasteiger partial charge in [0.05, 0.1) is 17.6 Å². The summed E-state index contributed by atoms with van der Waals surface area (Å²) in [5.74, 6) is 0. The summed E-state index contributed by atoms with van der Waals surface area (Å²) >= 11 is 0. The van der Waals surface area contributed by atoms with Crippen molar-refractivity contribution < 1.29 is 0 Å². The SMILES string of the molecule is CNCc1cccc(CN(C)Cc2cnn(C)c2)n1. The molecular weight excluding hydrogens is 238 g/mol. The highest BCUT2D eigenvalue weighted by molar-refractivity contribution is 5.11. The van der Waals surface area contributed by atoms with E-state index in [1.54, 1.807) is 0 Å². The molecule has 0 aliphatic rings. The van der Waals surface area contributed by atoms with Gasteiger partial charge >= 0.3 is 0 Å². The Hall–Kier alpha value is -1.72. The molecule has 0 bridgehead atoms. The molecule has 0 aliphatic carbocycles. The lowest BCUT2D eigenvalue weighted by atomic mass is 10.2. The van der Waals surface area contributed by atoms with Gasteiger partial charge in [0.2, 0.25) is 0 Å². The zero-order valence-corrected chi connectivity index (χ0v) is 11.8. The summed E-state index contributed by atoms with van der Waals surface area (Å²) in [5, 5.41) is 7.30. The van der Waals surface area contributed by atoms with Crippen molar-refractivity contribution in [2.24, 2.45) is 7.05 Å². The molecule has 0 amide bonds. The van der Waals surface area contributed by atoms with Crippen molar-refractivity contribution in [1.82, 2.24) is 25.0 Å². The van der Waals surface area contributed by atoms with E-state index in [2.05, 4.69) is 39.5 Å². The molecule has 5 nitrogen and oxygen atoms in total. The summed E-state index contributed by atoms with van der Waals surface area (Å²) in [6.07, 6.45) is 3.95. The summed E-state index contributed by atoms with van der Waals surface area (Å²) < 4.78 is 1.83. The van der Waals surface area contributed by atoms with Gasteiger partial charge in [-0.15, -0.1) is 0 Å². The van der Waals surface area contributed by atoms with Crippen LogP contribution in [0.25, 0.3) is 0 Å². The number of nitrogens with one attached hydrogen (secondary N) is 1. The van der Waals surface area contributed by atoms with Crippen LogP contribution >= 0.6 is 0 Å². The third-order valence-electron chi connectivity index (χ3n) is 2.87. The number of hydrogen-bond donors (Lipinski definition) is 1. The average Bonchev–Trinajstić information content (AvgIpc) is 2.75. The van der Waals surface area contributed by atoms with Crippen LogP contribution in [0.1, 0.15) is 17.0 Å². The van der Waals surface area contributed by atoms with E-state index >= 15 is 0 Å². The molecule has 0 aromatic carbocycles. The molecule has 0 atom stereocenters. The molecule has 0 aliphatic heterocycles. The molecule has 19 heavy (non-hydrogen) atoms. The Morgan fingerprint density at radius 1 is 1.26 bits per heavy atom. The first-order valence-electron chi connectivity index (χ1n) is 6.43. The van der Waals surface area contributed by atoms with E-state index in [-0.39, 0.29) is 0 Å². The predicted octanol–water partition coefficient (Wildman–Crippen LogP) is 1.17. The molecule has 0 unspecified atom stereocenters. The molecular formula is C14H21N5. The second kappa shape index (κ2) is 6.45. The normalized spacial score (nSPS) is 11.2. The van der Waals surface area contributed by atoms with Crippen LogP contribution in [0.4, 0.5) is 0 Å². The fourth-order valence-electron chi connectivity index (χ4n) is 2.09. The molecule has 2 aromatic rings. The summed E-state index contributed by atoms with van der Waals surface area (Å²) in [5.41, 5.74) is 3.39. The number of aryl methyl sites for hydroxylation is 1. The number of hydrogen-bond acceptors (Lipinski definition) is 4. The Kier molecular flexibility index (Phi) is 4.65. The Bertz CT molecular complexity index is 520. The molecule has 5 heteroatoms. The molecule has 2 heterocycles. The second-order valence-electron chi connectivity index (χ2n) is 4.85. The number of aromatic nitrogens is 3. The van der Waals surface area contributed by atoms with Gasteiger partial charge in [0.1, 0.15) is 0 Å². The van der Waals surface area contributed by atoms with Crippen molar-refractivity contribution >= 4 is 0 Å². The summed E-state index contributed by atoms with van der Waals surface area (Å²) in [6.45, 7) is 2.53. The van der Waals surface area contributed by atoms with Crippen molar-refractivity contribution in [1.29, 1.82) is 0 Å². The van der Waals surface area contributed by atoms with Gasteiger partial charge < -0.3 is 5.32 Å². The molecule has 1 N–H and O–H groups in total.